The zero-order valence-electron chi connectivity index (χ0n) is 6.58. The molecule has 0 N–H and O–H groups in total. The number of unbranched alkanes of at least 4 members (excludes halogenated alkanes) is 2. The molecule has 1 aromatic heterocycles. The lowest BCUT2D eigenvalue weighted by atomic mass is 10.2. The fourth-order valence-electron chi connectivity index (χ4n) is 1.03. The van der Waals surface area contributed by atoms with Gasteiger partial charge in [0.05, 0.1) is 6.26 Å². The van der Waals surface area contributed by atoms with E-state index in [-0.39, 0.29) is 0 Å². The summed E-state index contributed by atoms with van der Waals surface area (Å²) in [5.74, 6) is 1.98. The lowest BCUT2D eigenvalue weighted by molar-refractivity contribution is 0.497. The number of hydrogen-bond acceptors (Lipinski definition) is 1. The quantitative estimate of drug-likeness (QED) is 0.617. The summed E-state index contributed by atoms with van der Waals surface area (Å²) in [5, 5.41) is 0. The van der Waals surface area contributed by atoms with Crippen molar-refractivity contribution in [3.8, 4) is 0 Å². The van der Waals surface area contributed by atoms with Crippen LogP contribution in [0.4, 0.5) is 0 Å². The fraction of sp³-hybridized carbons (Fsp3) is 0.556. The Labute approximate surface area is 73.2 Å². The molecule has 1 aromatic rings. The second-order valence-corrected chi connectivity index (χ2v) is 3.00. The summed E-state index contributed by atoms with van der Waals surface area (Å²) in [6, 6.07) is 3.95. The van der Waals surface area contributed by atoms with E-state index in [0.717, 1.165) is 24.4 Å². The minimum Gasteiger partial charge on any atom is -0.469 e. The van der Waals surface area contributed by atoms with Gasteiger partial charge in [-0.05, 0) is 25.0 Å². The minimum atomic E-state index is 0.887. The van der Waals surface area contributed by atoms with Gasteiger partial charge in [0, 0.05) is 12.2 Å². The van der Waals surface area contributed by atoms with Gasteiger partial charge >= 0.3 is 0 Å². The van der Waals surface area contributed by atoms with Gasteiger partial charge in [0.1, 0.15) is 5.76 Å². The van der Waals surface area contributed by atoms with E-state index in [9.17, 15) is 0 Å². The number of aryl methyl sites for hydroxylation is 1. The van der Waals surface area contributed by atoms with Gasteiger partial charge in [0.25, 0.3) is 0 Å². The van der Waals surface area contributed by atoms with Crippen molar-refractivity contribution in [3.05, 3.63) is 24.2 Å². The third-order valence-corrected chi connectivity index (χ3v) is 1.94. The normalized spacial score (nSPS) is 10.3. The summed E-state index contributed by atoms with van der Waals surface area (Å²) in [4.78, 5) is 0. The maximum Gasteiger partial charge on any atom is 0.103 e. The fourth-order valence-corrected chi connectivity index (χ4v) is 1.24. The summed E-state index contributed by atoms with van der Waals surface area (Å²) in [6.45, 7) is 0. The SMILES string of the molecule is [S]CCCCCc1ccco1. The van der Waals surface area contributed by atoms with E-state index in [1.807, 2.05) is 12.1 Å². The topological polar surface area (TPSA) is 13.1 Å². The molecule has 0 saturated carbocycles. The van der Waals surface area contributed by atoms with Crippen LogP contribution in [0.1, 0.15) is 25.0 Å². The van der Waals surface area contributed by atoms with Gasteiger partial charge in [0.15, 0.2) is 0 Å². The standard InChI is InChI=1S/C9H13OS/c11-8-3-1-2-5-9-6-4-7-10-9/h4,6-7H,1-3,5,8H2. The molecule has 1 heterocycles. The van der Waals surface area contributed by atoms with Gasteiger partial charge in [-0.25, -0.2) is 0 Å². The van der Waals surface area contributed by atoms with Gasteiger partial charge in [-0.3, -0.25) is 0 Å². The van der Waals surface area contributed by atoms with Crippen LogP contribution < -0.4 is 0 Å². The van der Waals surface area contributed by atoms with Crippen molar-refractivity contribution in [2.75, 3.05) is 5.75 Å². The Morgan fingerprint density at radius 1 is 1.27 bits per heavy atom. The lowest BCUT2D eigenvalue weighted by Gasteiger charge is -1.94. The number of rotatable bonds is 5. The highest BCUT2D eigenvalue weighted by atomic mass is 32.1. The van der Waals surface area contributed by atoms with E-state index in [2.05, 4.69) is 0 Å². The highest BCUT2D eigenvalue weighted by Gasteiger charge is 1.94. The third-order valence-electron chi connectivity index (χ3n) is 1.65. The van der Waals surface area contributed by atoms with Crippen molar-refractivity contribution in [1.29, 1.82) is 0 Å². The van der Waals surface area contributed by atoms with Crippen LogP contribution in [0.2, 0.25) is 0 Å². The van der Waals surface area contributed by atoms with E-state index in [1.165, 1.54) is 12.8 Å². The summed E-state index contributed by atoms with van der Waals surface area (Å²) in [6.07, 6.45) is 6.37. The van der Waals surface area contributed by atoms with Crippen molar-refractivity contribution in [2.45, 2.75) is 25.7 Å². The molecule has 0 bridgehead atoms. The lowest BCUT2D eigenvalue weighted by Crippen LogP contribution is -1.83. The van der Waals surface area contributed by atoms with Crippen LogP contribution in [0.5, 0.6) is 0 Å². The molecule has 0 atom stereocenters. The van der Waals surface area contributed by atoms with Crippen LogP contribution in [0.15, 0.2) is 22.8 Å². The first-order valence-electron chi connectivity index (χ1n) is 4.04. The number of furan rings is 1. The monoisotopic (exact) mass is 169 g/mol. The molecule has 0 aliphatic heterocycles. The van der Waals surface area contributed by atoms with Crippen molar-refractivity contribution in [3.63, 3.8) is 0 Å². The molecule has 11 heavy (non-hydrogen) atoms. The highest BCUT2D eigenvalue weighted by molar-refractivity contribution is 7.80. The van der Waals surface area contributed by atoms with Gasteiger partial charge in [-0.15, -0.1) is 0 Å². The van der Waals surface area contributed by atoms with E-state index in [1.54, 1.807) is 6.26 Å². The molecule has 1 nitrogen and oxygen atoms in total. The van der Waals surface area contributed by atoms with Crippen LogP contribution >= 0.6 is 12.6 Å². The minimum absolute atomic E-state index is 0.887. The maximum atomic E-state index is 5.19. The molecule has 0 spiro atoms. The molecule has 0 unspecified atom stereocenters. The highest BCUT2D eigenvalue weighted by Crippen LogP contribution is 2.06. The van der Waals surface area contributed by atoms with Crippen LogP contribution in [0.3, 0.4) is 0 Å². The van der Waals surface area contributed by atoms with E-state index in [0.29, 0.717) is 0 Å². The Bertz CT molecular complexity index is 170. The number of hydrogen-bond donors (Lipinski definition) is 0. The molecule has 0 aliphatic carbocycles. The summed E-state index contributed by atoms with van der Waals surface area (Å²) in [5.41, 5.74) is 0. The molecular weight excluding hydrogens is 156 g/mol. The summed E-state index contributed by atoms with van der Waals surface area (Å²) in [7, 11) is 0. The van der Waals surface area contributed by atoms with Crippen molar-refractivity contribution in [2.24, 2.45) is 0 Å². The van der Waals surface area contributed by atoms with Gasteiger partial charge in [-0.2, -0.15) is 0 Å². The molecule has 0 saturated heterocycles. The first-order valence-corrected chi connectivity index (χ1v) is 4.61. The van der Waals surface area contributed by atoms with E-state index in [4.69, 9.17) is 17.0 Å². The molecule has 0 amide bonds. The van der Waals surface area contributed by atoms with Crippen LogP contribution in [0, 0.1) is 0 Å². The molecule has 1 radical (unpaired) electrons. The van der Waals surface area contributed by atoms with Gasteiger partial charge in [0.2, 0.25) is 0 Å². The molecule has 0 fully saturated rings. The first kappa shape index (κ1) is 8.72. The predicted molar refractivity (Wildman–Crippen MR) is 48.7 cm³/mol. The second-order valence-electron chi connectivity index (χ2n) is 2.59. The predicted octanol–water partition coefficient (Wildman–Crippen LogP) is 3.19. The Balaban J connectivity index is 2.04. The second kappa shape index (κ2) is 5.30. The molecule has 1 rings (SSSR count). The smallest absolute Gasteiger partial charge is 0.103 e. The maximum absolute atomic E-state index is 5.19. The average molecular weight is 169 g/mol. The third kappa shape index (κ3) is 3.51. The largest absolute Gasteiger partial charge is 0.469 e. The summed E-state index contributed by atoms with van der Waals surface area (Å²) < 4.78 is 5.19. The van der Waals surface area contributed by atoms with Crippen LogP contribution in [0.25, 0.3) is 0 Å². The molecular formula is C9H13OS. The molecule has 0 aliphatic rings. The first-order chi connectivity index (χ1) is 5.43. The van der Waals surface area contributed by atoms with Crippen LogP contribution in [-0.2, 0) is 6.42 Å². The van der Waals surface area contributed by atoms with Gasteiger partial charge in [-0.1, -0.05) is 19.0 Å². The van der Waals surface area contributed by atoms with Crippen LogP contribution in [-0.4, -0.2) is 5.75 Å². The Hall–Kier alpha value is -0.370. The van der Waals surface area contributed by atoms with Crippen molar-refractivity contribution < 1.29 is 4.42 Å². The van der Waals surface area contributed by atoms with Crippen molar-refractivity contribution >= 4 is 12.6 Å². The average Bonchev–Trinajstić information content (AvgIpc) is 2.50. The van der Waals surface area contributed by atoms with E-state index >= 15 is 0 Å². The Morgan fingerprint density at radius 3 is 2.82 bits per heavy atom. The molecule has 61 valence electrons. The van der Waals surface area contributed by atoms with E-state index < -0.39 is 0 Å². The molecule has 2 heteroatoms. The zero-order valence-corrected chi connectivity index (χ0v) is 7.40. The Kier molecular flexibility index (Phi) is 4.21. The summed E-state index contributed by atoms with van der Waals surface area (Å²) >= 11 is 4.84. The Morgan fingerprint density at radius 2 is 2.18 bits per heavy atom. The van der Waals surface area contributed by atoms with Gasteiger partial charge < -0.3 is 4.42 Å². The van der Waals surface area contributed by atoms with Crippen molar-refractivity contribution in [1.82, 2.24) is 0 Å². The zero-order chi connectivity index (χ0) is 7.94. The molecule has 0 aromatic carbocycles.